The molecule has 3 N–H and O–H groups in total. The Hall–Kier alpha value is -3.92. The number of nitrogens with two attached hydrogens (primary N) is 1. The van der Waals surface area contributed by atoms with Gasteiger partial charge >= 0.3 is 17.9 Å². The van der Waals surface area contributed by atoms with Crippen LogP contribution in [0.2, 0.25) is 5.28 Å². The second-order valence-electron chi connectivity index (χ2n) is 9.60. The predicted molar refractivity (Wildman–Crippen MR) is 147 cm³/mol. The largest absolute Gasteiger partial charge is 0.469 e. The van der Waals surface area contributed by atoms with E-state index >= 15 is 4.39 Å². The molecule has 14 nitrogen and oxygen atoms in total. The van der Waals surface area contributed by atoms with Crippen LogP contribution in [0.15, 0.2) is 30.6 Å². The Bertz CT molecular complexity index is 1470. The number of nitrogen functional groups attached to an aromatic ring is 1. The first-order chi connectivity index (χ1) is 20.5. The van der Waals surface area contributed by atoms with Gasteiger partial charge in [-0.3, -0.25) is 9.36 Å². The van der Waals surface area contributed by atoms with Gasteiger partial charge in [-0.1, -0.05) is 24.3 Å². The standard InChI is InChI=1S/C27H31ClFN5O9/c1-4-40-23(37)26(24(38)41-5-2,11-16-8-6-15(7-9-16)10-18(35)39-3)43-12-17-20(36)27(29,13-42-17)34-14-31-19-21(30)32-25(28)33-22(19)34/h6-9,14,17,20,36H,4-5,10-13H2,1-3H3,(H2,30,32,33)/t17-,20-,27?/m1/s1. The molecule has 43 heavy (non-hydrogen) atoms. The van der Waals surface area contributed by atoms with Gasteiger partial charge in [0.1, 0.15) is 24.3 Å². The minimum atomic E-state index is -2.60. The molecule has 1 fully saturated rings. The fraction of sp³-hybridized carbons (Fsp3) is 0.481. The summed E-state index contributed by atoms with van der Waals surface area (Å²) in [6.07, 6.45) is -2.48. The fourth-order valence-electron chi connectivity index (χ4n) is 4.62. The van der Waals surface area contributed by atoms with Gasteiger partial charge in [0.2, 0.25) is 11.1 Å². The number of carbonyl (C=O) groups excluding carboxylic acids is 3. The van der Waals surface area contributed by atoms with E-state index in [0.29, 0.717) is 11.1 Å². The van der Waals surface area contributed by atoms with E-state index in [4.69, 9.17) is 36.3 Å². The predicted octanol–water partition coefficient (Wildman–Crippen LogP) is 1.28. The summed E-state index contributed by atoms with van der Waals surface area (Å²) in [7, 11) is 1.27. The van der Waals surface area contributed by atoms with E-state index in [9.17, 15) is 19.5 Å². The summed E-state index contributed by atoms with van der Waals surface area (Å²) < 4.78 is 43.8. The number of anilines is 1. The minimum Gasteiger partial charge on any atom is -0.469 e. The number of rotatable bonds is 12. The second-order valence-corrected chi connectivity index (χ2v) is 9.94. The van der Waals surface area contributed by atoms with Crippen molar-refractivity contribution >= 4 is 46.5 Å². The summed E-state index contributed by atoms with van der Waals surface area (Å²) in [5.41, 5.74) is 4.57. The number of aliphatic hydroxyl groups excluding tert-OH is 1. The van der Waals surface area contributed by atoms with Crippen LogP contribution in [0.25, 0.3) is 11.2 Å². The Morgan fingerprint density at radius 1 is 1.16 bits per heavy atom. The van der Waals surface area contributed by atoms with E-state index in [1.165, 1.54) is 7.11 Å². The van der Waals surface area contributed by atoms with Gasteiger partial charge in [-0.15, -0.1) is 0 Å². The van der Waals surface area contributed by atoms with Crippen molar-refractivity contribution in [3.05, 3.63) is 47.0 Å². The van der Waals surface area contributed by atoms with Crippen molar-refractivity contribution in [3.8, 4) is 0 Å². The minimum absolute atomic E-state index is 0.0209. The normalized spacial score (nSPS) is 20.2. The first-order valence-electron chi connectivity index (χ1n) is 13.3. The number of carbonyl (C=O) groups is 3. The van der Waals surface area contributed by atoms with Crippen molar-refractivity contribution in [1.29, 1.82) is 0 Å². The van der Waals surface area contributed by atoms with Crippen molar-refractivity contribution < 1.29 is 47.6 Å². The number of methoxy groups -OCH3 is 1. The molecule has 1 unspecified atom stereocenters. The van der Waals surface area contributed by atoms with E-state index in [1.54, 1.807) is 38.1 Å². The fourth-order valence-corrected chi connectivity index (χ4v) is 4.79. The lowest BCUT2D eigenvalue weighted by Crippen LogP contribution is -2.55. The maximum atomic E-state index is 16.3. The molecule has 232 valence electrons. The molecule has 0 radical (unpaired) electrons. The van der Waals surface area contributed by atoms with Gasteiger partial charge in [0, 0.05) is 6.42 Å². The number of esters is 3. The van der Waals surface area contributed by atoms with Crippen molar-refractivity contribution in [2.24, 2.45) is 0 Å². The summed E-state index contributed by atoms with van der Waals surface area (Å²) >= 11 is 5.90. The number of ether oxygens (including phenoxy) is 5. The zero-order valence-corrected chi connectivity index (χ0v) is 24.4. The Morgan fingerprint density at radius 3 is 2.40 bits per heavy atom. The summed E-state index contributed by atoms with van der Waals surface area (Å²) in [6, 6.07) is 6.47. The van der Waals surface area contributed by atoms with Crippen molar-refractivity contribution in [1.82, 2.24) is 19.5 Å². The average Bonchev–Trinajstić information content (AvgIpc) is 3.53. The molecule has 0 amide bonds. The Balaban J connectivity index is 1.61. The lowest BCUT2D eigenvalue weighted by Gasteiger charge is -2.31. The van der Waals surface area contributed by atoms with Crippen molar-refractivity contribution in [2.75, 3.05) is 39.3 Å². The van der Waals surface area contributed by atoms with Gasteiger partial charge < -0.3 is 34.5 Å². The van der Waals surface area contributed by atoms with Crippen LogP contribution in [0.4, 0.5) is 10.2 Å². The number of benzene rings is 1. The molecule has 1 aromatic carbocycles. The first kappa shape index (κ1) is 32.0. The lowest BCUT2D eigenvalue weighted by atomic mass is 9.93. The van der Waals surface area contributed by atoms with Crippen LogP contribution in [0.1, 0.15) is 25.0 Å². The van der Waals surface area contributed by atoms with Gasteiger partial charge in [-0.05, 0) is 36.6 Å². The Labute approximate surface area is 250 Å². The first-order valence-corrected chi connectivity index (χ1v) is 13.6. The van der Waals surface area contributed by atoms with E-state index in [1.807, 2.05) is 0 Å². The molecule has 1 aliphatic rings. The number of hydrogen-bond donors (Lipinski definition) is 2. The Morgan fingerprint density at radius 2 is 1.79 bits per heavy atom. The number of imidazole rings is 1. The summed E-state index contributed by atoms with van der Waals surface area (Å²) in [5.74, 6) is -5.22. The molecule has 4 rings (SSSR count). The SMILES string of the molecule is CCOC(=O)C(Cc1ccc(CC(=O)OC)cc1)(OC[C@H]1OCC(F)(n2cnc3c(N)nc(Cl)nc32)[C@@H]1O)C(=O)OCC. The zero-order valence-electron chi connectivity index (χ0n) is 23.6. The lowest BCUT2D eigenvalue weighted by molar-refractivity contribution is -0.196. The third-order valence-electron chi connectivity index (χ3n) is 6.86. The molecule has 0 saturated carbocycles. The third kappa shape index (κ3) is 6.39. The van der Waals surface area contributed by atoms with E-state index in [2.05, 4.69) is 19.7 Å². The highest BCUT2D eigenvalue weighted by molar-refractivity contribution is 6.28. The molecular weight excluding hydrogens is 593 g/mol. The van der Waals surface area contributed by atoms with E-state index in [0.717, 1.165) is 10.9 Å². The van der Waals surface area contributed by atoms with Gasteiger partial charge in [-0.2, -0.15) is 9.97 Å². The van der Waals surface area contributed by atoms with Crippen LogP contribution in [0, 0.1) is 0 Å². The number of halogens is 2. The summed E-state index contributed by atoms with van der Waals surface area (Å²) in [4.78, 5) is 50.0. The molecular formula is C27H31ClFN5O9. The average molecular weight is 624 g/mol. The molecule has 1 saturated heterocycles. The van der Waals surface area contributed by atoms with Crippen LogP contribution in [0.3, 0.4) is 0 Å². The third-order valence-corrected chi connectivity index (χ3v) is 7.03. The van der Waals surface area contributed by atoms with Gasteiger partial charge in [0.25, 0.3) is 5.60 Å². The second kappa shape index (κ2) is 13.2. The Kier molecular flexibility index (Phi) is 9.79. The maximum Gasteiger partial charge on any atom is 0.350 e. The molecule has 0 aliphatic carbocycles. The number of aliphatic hydroxyl groups is 1. The quantitative estimate of drug-likeness (QED) is 0.127. The van der Waals surface area contributed by atoms with Crippen LogP contribution >= 0.6 is 11.6 Å². The highest BCUT2D eigenvalue weighted by Crippen LogP contribution is 2.37. The van der Waals surface area contributed by atoms with Crippen LogP contribution in [-0.2, 0) is 56.7 Å². The number of fused-ring (bicyclic) bond motifs is 1. The molecule has 3 heterocycles. The van der Waals surface area contributed by atoms with Crippen LogP contribution in [-0.4, -0.2) is 93.9 Å². The smallest absolute Gasteiger partial charge is 0.350 e. The monoisotopic (exact) mass is 623 g/mol. The zero-order chi connectivity index (χ0) is 31.4. The topological polar surface area (TPSA) is 187 Å². The molecule has 2 aromatic heterocycles. The molecule has 3 atom stereocenters. The molecule has 0 bridgehead atoms. The van der Waals surface area contributed by atoms with Crippen molar-refractivity contribution in [2.45, 2.75) is 50.3 Å². The van der Waals surface area contributed by atoms with Crippen LogP contribution < -0.4 is 5.73 Å². The summed E-state index contributed by atoms with van der Waals surface area (Å²) in [5, 5.41) is 10.8. The number of hydrogen-bond acceptors (Lipinski definition) is 13. The van der Waals surface area contributed by atoms with Gasteiger partial charge in [-0.25, -0.2) is 19.0 Å². The van der Waals surface area contributed by atoms with E-state index in [-0.39, 0.29) is 48.3 Å². The van der Waals surface area contributed by atoms with Crippen molar-refractivity contribution in [3.63, 3.8) is 0 Å². The molecule has 16 heteroatoms. The highest BCUT2D eigenvalue weighted by Gasteiger charge is 2.56. The number of aromatic nitrogens is 4. The highest BCUT2D eigenvalue weighted by atomic mass is 35.5. The number of alkyl halides is 1. The maximum absolute atomic E-state index is 16.3. The van der Waals surface area contributed by atoms with E-state index < -0.39 is 54.7 Å². The van der Waals surface area contributed by atoms with Gasteiger partial charge in [0.05, 0.1) is 39.7 Å². The van der Waals surface area contributed by atoms with Gasteiger partial charge in [0.15, 0.2) is 11.5 Å². The molecule has 1 aliphatic heterocycles. The molecule has 0 spiro atoms. The number of nitrogens with zero attached hydrogens (tertiary/aromatic N) is 4. The summed E-state index contributed by atoms with van der Waals surface area (Å²) in [6.45, 7) is 1.65. The molecule has 3 aromatic rings. The van der Waals surface area contributed by atoms with Crippen LogP contribution in [0.5, 0.6) is 0 Å².